The summed E-state index contributed by atoms with van der Waals surface area (Å²) in [6, 6.07) is 3.65. The molecule has 0 aromatic carbocycles. The van der Waals surface area contributed by atoms with Crippen molar-refractivity contribution in [2.24, 2.45) is 0 Å². The summed E-state index contributed by atoms with van der Waals surface area (Å²) in [6.45, 7) is 2.00. The highest BCUT2D eigenvalue weighted by Gasteiger charge is 2.11. The molecule has 0 radical (unpaired) electrons. The largest absolute Gasteiger partial charge is 0.333 e. The van der Waals surface area contributed by atoms with E-state index in [2.05, 4.69) is 25.1 Å². The topological polar surface area (TPSA) is 77.6 Å². The molecule has 0 unspecified atom stereocenters. The third-order valence-corrected chi connectivity index (χ3v) is 2.63. The Morgan fingerprint density at radius 1 is 1.05 bits per heavy atom. The van der Waals surface area contributed by atoms with Crippen LogP contribution in [0.2, 0.25) is 0 Å². The number of nitrogens with zero attached hydrogens (tertiary/aromatic N) is 5. The molecule has 3 rings (SSSR count). The Morgan fingerprint density at radius 3 is 2.47 bits per heavy atom. The van der Waals surface area contributed by atoms with Gasteiger partial charge in [0.2, 0.25) is 5.82 Å². The number of aryl methyl sites for hydroxylation is 1. The maximum atomic E-state index is 5.22. The van der Waals surface area contributed by atoms with Crippen LogP contribution in [0.25, 0.3) is 22.8 Å². The lowest BCUT2D eigenvalue weighted by Crippen LogP contribution is -1.92. The highest BCUT2D eigenvalue weighted by atomic mass is 16.5. The third kappa shape index (κ3) is 2.33. The number of rotatable bonds is 3. The van der Waals surface area contributed by atoms with Crippen molar-refractivity contribution in [1.82, 2.24) is 25.1 Å². The minimum atomic E-state index is 0.412. The highest BCUT2D eigenvalue weighted by Crippen LogP contribution is 2.20. The first-order chi connectivity index (χ1) is 9.36. The fourth-order valence-corrected chi connectivity index (χ4v) is 1.61. The Balaban J connectivity index is 1.92. The SMILES string of the molecule is CCc1ncc(-c2nc(-c3ccncc3)no2)cn1. The molecule has 6 heteroatoms. The second-order valence-corrected chi connectivity index (χ2v) is 3.90. The maximum absolute atomic E-state index is 5.22. The van der Waals surface area contributed by atoms with E-state index in [1.165, 1.54) is 0 Å². The van der Waals surface area contributed by atoms with Gasteiger partial charge in [0.05, 0.1) is 5.56 Å². The van der Waals surface area contributed by atoms with Gasteiger partial charge in [-0.2, -0.15) is 4.98 Å². The first-order valence-corrected chi connectivity index (χ1v) is 5.92. The molecular weight excluding hydrogens is 242 g/mol. The molecule has 0 aliphatic rings. The molecule has 94 valence electrons. The Labute approximate surface area is 109 Å². The average Bonchev–Trinajstić information content (AvgIpc) is 2.98. The van der Waals surface area contributed by atoms with Crippen molar-refractivity contribution in [2.45, 2.75) is 13.3 Å². The predicted octanol–water partition coefficient (Wildman–Crippen LogP) is 2.15. The number of pyridine rings is 1. The zero-order valence-electron chi connectivity index (χ0n) is 10.3. The average molecular weight is 253 g/mol. The van der Waals surface area contributed by atoms with Crippen LogP contribution in [0.1, 0.15) is 12.7 Å². The predicted molar refractivity (Wildman–Crippen MR) is 67.9 cm³/mol. The number of aromatic nitrogens is 5. The molecule has 0 spiro atoms. The van der Waals surface area contributed by atoms with E-state index >= 15 is 0 Å². The molecule has 0 amide bonds. The van der Waals surface area contributed by atoms with Crippen molar-refractivity contribution in [3.63, 3.8) is 0 Å². The minimum absolute atomic E-state index is 0.412. The fourth-order valence-electron chi connectivity index (χ4n) is 1.61. The summed E-state index contributed by atoms with van der Waals surface area (Å²) in [7, 11) is 0. The molecule has 3 heterocycles. The Morgan fingerprint density at radius 2 is 1.79 bits per heavy atom. The molecule has 0 bridgehead atoms. The van der Waals surface area contributed by atoms with Gasteiger partial charge in [0.15, 0.2) is 0 Å². The molecule has 19 heavy (non-hydrogen) atoms. The van der Waals surface area contributed by atoms with Gasteiger partial charge < -0.3 is 4.52 Å². The lowest BCUT2D eigenvalue weighted by atomic mass is 10.2. The van der Waals surface area contributed by atoms with E-state index in [9.17, 15) is 0 Å². The molecule has 0 N–H and O–H groups in total. The third-order valence-electron chi connectivity index (χ3n) is 2.63. The molecular formula is C13H11N5O. The summed E-state index contributed by atoms with van der Waals surface area (Å²) < 4.78 is 5.22. The smallest absolute Gasteiger partial charge is 0.261 e. The van der Waals surface area contributed by atoms with Crippen LogP contribution >= 0.6 is 0 Å². The zero-order valence-corrected chi connectivity index (χ0v) is 10.3. The monoisotopic (exact) mass is 253 g/mol. The molecule has 0 fully saturated rings. The summed E-state index contributed by atoms with van der Waals surface area (Å²) >= 11 is 0. The lowest BCUT2D eigenvalue weighted by molar-refractivity contribution is 0.432. The Kier molecular flexibility index (Phi) is 2.97. The summed E-state index contributed by atoms with van der Waals surface area (Å²) in [4.78, 5) is 16.7. The van der Waals surface area contributed by atoms with Crippen molar-refractivity contribution in [1.29, 1.82) is 0 Å². The van der Waals surface area contributed by atoms with Crippen LogP contribution in [0.5, 0.6) is 0 Å². The van der Waals surface area contributed by atoms with E-state index in [4.69, 9.17) is 4.52 Å². The molecule has 0 saturated heterocycles. The molecule has 0 atom stereocenters. The van der Waals surface area contributed by atoms with Crippen molar-refractivity contribution in [2.75, 3.05) is 0 Å². The van der Waals surface area contributed by atoms with Crippen molar-refractivity contribution in [3.05, 3.63) is 42.7 Å². The van der Waals surface area contributed by atoms with E-state index in [-0.39, 0.29) is 0 Å². The maximum Gasteiger partial charge on any atom is 0.261 e. The molecule has 3 aromatic heterocycles. The van der Waals surface area contributed by atoms with Crippen molar-refractivity contribution in [3.8, 4) is 22.8 Å². The van der Waals surface area contributed by atoms with Crippen LogP contribution < -0.4 is 0 Å². The zero-order chi connectivity index (χ0) is 13.1. The van der Waals surface area contributed by atoms with Gasteiger partial charge in [-0.15, -0.1) is 0 Å². The normalized spacial score (nSPS) is 10.6. The summed E-state index contributed by atoms with van der Waals surface area (Å²) in [5.74, 6) is 1.73. The van der Waals surface area contributed by atoms with Crippen molar-refractivity contribution < 1.29 is 4.52 Å². The minimum Gasteiger partial charge on any atom is -0.333 e. The molecule has 6 nitrogen and oxygen atoms in total. The van der Waals surface area contributed by atoms with Gasteiger partial charge in [-0.1, -0.05) is 12.1 Å². The van der Waals surface area contributed by atoms with E-state index < -0.39 is 0 Å². The van der Waals surface area contributed by atoms with Crippen LogP contribution in [0, 0.1) is 0 Å². The second kappa shape index (κ2) is 4.93. The quantitative estimate of drug-likeness (QED) is 0.711. The Hall–Kier alpha value is -2.63. The van der Waals surface area contributed by atoms with Crippen LogP contribution in [0.4, 0.5) is 0 Å². The van der Waals surface area contributed by atoms with E-state index in [1.54, 1.807) is 24.8 Å². The van der Waals surface area contributed by atoms with Crippen LogP contribution in [-0.4, -0.2) is 25.1 Å². The van der Waals surface area contributed by atoms with Gasteiger partial charge in [-0.25, -0.2) is 9.97 Å². The Bertz CT molecular complexity index is 663. The fraction of sp³-hybridized carbons (Fsp3) is 0.154. The van der Waals surface area contributed by atoms with Gasteiger partial charge in [-0.3, -0.25) is 4.98 Å². The van der Waals surface area contributed by atoms with Crippen LogP contribution in [0.15, 0.2) is 41.4 Å². The van der Waals surface area contributed by atoms with Gasteiger partial charge in [-0.05, 0) is 12.1 Å². The van der Waals surface area contributed by atoms with Gasteiger partial charge >= 0.3 is 0 Å². The van der Waals surface area contributed by atoms with Gasteiger partial charge in [0, 0.05) is 36.8 Å². The first kappa shape index (κ1) is 11.5. The van der Waals surface area contributed by atoms with E-state index in [1.807, 2.05) is 19.1 Å². The summed E-state index contributed by atoms with van der Waals surface area (Å²) in [6.07, 6.45) is 7.55. The second-order valence-electron chi connectivity index (χ2n) is 3.90. The van der Waals surface area contributed by atoms with Crippen LogP contribution in [-0.2, 0) is 6.42 Å². The van der Waals surface area contributed by atoms with E-state index in [0.717, 1.165) is 17.8 Å². The molecule has 0 saturated carbocycles. The molecule has 0 aliphatic heterocycles. The standard InChI is InChI=1S/C13H11N5O/c1-2-11-15-7-10(8-16-11)13-17-12(18-19-13)9-3-5-14-6-4-9/h3-8H,2H2,1H3. The summed E-state index contributed by atoms with van der Waals surface area (Å²) in [5, 5.41) is 3.94. The van der Waals surface area contributed by atoms with Crippen molar-refractivity contribution >= 4 is 0 Å². The molecule has 3 aromatic rings. The molecule has 0 aliphatic carbocycles. The van der Waals surface area contributed by atoms with Gasteiger partial charge in [0.25, 0.3) is 5.89 Å². The number of hydrogen-bond donors (Lipinski definition) is 0. The van der Waals surface area contributed by atoms with Gasteiger partial charge in [0.1, 0.15) is 5.82 Å². The van der Waals surface area contributed by atoms with Crippen LogP contribution in [0.3, 0.4) is 0 Å². The summed E-state index contributed by atoms with van der Waals surface area (Å²) in [5.41, 5.74) is 1.57. The van der Waals surface area contributed by atoms with E-state index in [0.29, 0.717) is 17.3 Å². The first-order valence-electron chi connectivity index (χ1n) is 5.92. The number of hydrogen-bond acceptors (Lipinski definition) is 6. The highest BCUT2D eigenvalue weighted by molar-refractivity contribution is 5.57. The lowest BCUT2D eigenvalue weighted by Gasteiger charge is -1.95.